The molecule has 94 valence electrons. The zero-order valence-corrected chi connectivity index (χ0v) is 10.4. The van der Waals surface area contributed by atoms with Gasteiger partial charge in [0.25, 0.3) is 10.2 Å². The Hall–Kier alpha value is -0.170. The molecule has 5 nitrogen and oxygen atoms in total. The SMILES string of the molecule is NCC1CCCN(S(=O)(=O)NC2CCC2)C1. The van der Waals surface area contributed by atoms with Gasteiger partial charge in [-0.3, -0.25) is 0 Å². The Bertz CT molecular complexity index is 327. The molecule has 1 saturated carbocycles. The average molecular weight is 247 g/mol. The van der Waals surface area contributed by atoms with Crippen molar-refractivity contribution in [1.29, 1.82) is 0 Å². The molecule has 1 heterocycles. The Labute approximate surface area is 97.6 Å². The summed E-state index contributed by atoms with van der Waals surface area (Å²) in [5.74, 6) is 0.326. The van der Waals surface area contributed by atoms with Crippen LogP contribution in [0.1, 0.15) is 32.1 Å². The van der Waals surface area contributed by atoms with Crippen LogP contribution in [0.4, 0.5) is 0 Å². The summed E-state index contributed by atoms with van der Waals surface area (Å²) in [6.45, 7) is 1.80. The van der Waals surface area contributed by atoms with E-state index in [1.807, 2.05) is 0 Å². The lowest BCUT2D eigenvalue weighted by atomic mass is 9.94. The van der Waals surface area contributed by atoms with Gasteiger partial charge < -0.3 is 5.73 Å². The van der Waals surface area contributed by atoms with Crippen LogP contribution in [0, 0.1) is 5.92 Å². The quantitative estimate of drug-likeness (QED) is 0.737. The lowest BCUT2D eigenvalue weighted by molar-refractivity contribution is 0.263. The zero-order valence-electron chi connectivity index (χ0n) is 9.56. The molecule has 2 aliphatic rings. The van der Waals surface area contributed by atoms with Crippen molar-refractivity contribution >= 4 is 10.2 Å². The van der Waals surface area contributed by atoms with Crippen LogP contribution < -0.4 is 10.5 Å². The molecule has 2 rings (SSSR count). The average Bonchev–Trinajstić information content (AvgIpc) is 2.24. The van der Waals surface area contributed by atoms with E-state index in [0.717, 1.165) is 32.1 Å². The number of rotatable bonds is 4. The minimum Gasteiger partial charge on any atom is -0.330 e. The Kier molecular flexibility index (Phi) is 3.84. The fourth-order valence-corrected chi connectivity index (χ4v) is 3.83. The van der Waals surface area contributed by atoms with E-state index in [1.165, 1.54) is 0 Å². The van der Waals surface area contributed by atoms with E-state index in [1.54, 1.807) is 4.31 Å². The molecule has 1 aliphatic heterocycles. The van der Waals surface area contributed by atoms with Gasteiger partial charge in [0.05, 0.1) is 0 Å². The van der Waals surface area contributed by atoms with Crippen molar-refractivity contribution in [3.63, 3.8) is 0 Å². The normalized spacial score (nSPS) is 28.9. The third-order valence-electron chi connectivity index (χ3n) is 3.58. The zero-order chi connectivity index (χ0) is 11.6. The van der Waals surface area contributed by atoms with Crippen molar-refractivity contribution in [3.05, 3.63) is 0 Å². The molecule has 1 atom stereocenters. The lowest BCUT2D eigenvalue weighted by Crippen LogP contribution is -2.51. The van der Waals surface area contributed by atoms with Crippen molar-refractivity contribution in [2.45, 2.75) is 38.1 Å². The summed E-state index contributed by atoms with van der Waals surface area (Å²) in [5, 5.41) is 0. The first-order chi connectivity index (χ1) is 7.62. The molecule has 2 fully saturated rings. The summed E-state index contributed by atoms with van der Waals surface area (Å²) < 4.78 is 28.4. The van der Waals surface area contributed by atoms with Gasteiger partial charge in [-0.2, -0.15) is 17.4 Å². The van der Waals surface area contributed by atoms with E-state index in [2.05, 4.69) is 4.72 Å². The number of nitrogens with zero attached hydrogens (tertiary/aromatic N) is 1. The molecule has 1 saturated heterocycles. The minimum atomic E-state index is -3.26. The van der Waals surface area contributed by atoms with Gasteiger partial charge in [-0.15, -0.1) is 0 Å². The van der Waals surface area contributed by atoms with Gasteiger partial charge in [0.1, 0.15) is 0 Å². The number of nitrogens with two attached hydrogens (primary N) is 1. The fourth-order valence-electron chi connectivity index (χ4n) is 2.25. The fraction of sp³-hybridized carbons (Fsp3) is 1.00. The number of hydrogen-bond donors (Lipinski definition) is 2. The molecule has 0 aromatic carbocycles. The van der Waals surface area contributed by atoms with Crippen LogP contribution >= 0.6 is 0 Å². The standard InChI is InChI=1S/C10H21N3O2S/c11-7-9-3-2-6-13(8-9)16(14,15)12-10-4-1-5-10/h9-10,12H,1-8,11H2. The monoisotopic (exact) mass is 247 g/mol. The van der Waals surface area contributed by atoms with Crippen molar-refractivity contribution < 1.29 is 8.42 Å². The summed E-state index contributed by atoms with van der Waals surface area (Å²) in [7, 11) is -3.26. The van der Waals surface area contributed by atoms with E-state index in [9.17, 15) is 8.42 Å². The van der Waals surface area contributed by atoms with Crippen LogP contribution in [-0.2, 0) is 10.2 Å². The van der Waals surface area contributed by atoms with Crippen LogP contribution in [-0.4, -0.2) is 38.4 Å². The van der Waals surface area contributed by atoms with Crippen molar-refractivity contribution in [2.75, 3.05) is 19.6 Å². The molecule has 6 heteroatoms. The van der Waals surface area contributed by atoms with Gasteiger partial charge in [-0.05, 0) is 38.1 Å². The van der Waals surface area contributed by atoms with Gasteiger partial charge >= 0.3 is 0 Å². The molecule has 3 N–H and O–H groups in total. The molecule has 0 spiro atoms. The second kappa shape index (κ2) is 5.00. The highest BCUT2D eigenvalue weighted by Crippen LogP contribution is 2.22. The maximum absolute atomic E-state index is 12.0. The maximum Gasteiger partial charge on any atom is 0.279 e. The van der Waals surface area contributed by atoms with E-state index in [-0.39, 0.29) is 6.04 Å². The molecule has 0 aromatic heterocycles. The largest absolute Gasteiger partial charge is 0.330 e. The molecule has 16 heavy (non-hydrogen) atoms. The molecular weight excluding hydrogens is 226 g/mol. The Morgan fingerprint density at radius 1 is 1.25 bits per heavy atom. The van der Waals surface area contributed by atoms with Crippen LogP contribution in [0.25, 0.3) is 0 Å². The summed E-state index contributed by atoms with van der Waals surface area (Å²) in [6.07, 6.45) is 5.07. The first kappa shape index (κ1) is 12.3. The number of piperidine rings is 1. The predicted molar refractivity (Wildman–Crippen MR) is 63.0 cm³/mol. The van der Waals surface area contributed by atoms with Gasteiger partial charge in [-0.25, -0.2) is 0 Å². The maximum atomic E-state index is 12.0. The Morgan fingerprint density at radius 2 is 2.00 bits per heavy atom. The van der Waals surface area contributed by atoms with Crippen molar-refractivity contribution in [2.24, 2.45) is 11.7 Å². The third-order valence-corrected chi connectivity index (χ3v) is 5.22. The smallest absolute Gasteiger partial charge is 0.279 e. The topological polar surface area (TPSA) is 75.4 Å². The minimum absolute atomic E-state index is 0.170. The van der Waals surface area contributed by atoms with Crippen molar-refractivity contribution in [3.8, 4) is 0 Å². The van der Waals surface area contributed by atoms with Gasteiger partial charge in [0.2, 0.25) is 0 Å². The first-order valence-electron chi connectivity index (χ1n) is 6.09. The molecular formula is C10H21N3O2S. The van der Waals surface area contributed by atoms with Crippen LogP contribution in [0.15, 0.2) is 0 Å². The van der Waals surface area contributed by atoms with E-state index < -0.39 is 10.2 Å². The van der Waals surface area contributed by atoms with Crippen molar-refractivity contribution in [1.82, 2.24) is 9.03 Å². The summed E-state index contributed by atoms with van der Waals surface area (Å²) in [6, 6.07) is 0.170. The predicted octanol–water partition coefficient (Wildman–Crippen LogP) is 0.0440. The third kappa shape index (κ3) is 2.74. The highest BCUT2D eigenvalue weighted by atomic mass is 32.2. The van der Waals surface area contributed by atoms with Crippen LogP contribution in [0.2, 0.25) is 0 Å². The molecule has 1 unspecified atom stereocenters. The summed E-state index contributed by atoms with van der Waals surface area (Å²) in [4.78, 5) is 0. The van der Waals surface area contributed by atoms with E-state index >= 15 is 0 Å². The van der Waals surface area contributed by atoms with Gasteiger partial charge in [0, 0.05) is 19.1 Å². The Morgan fingerprint density at radius 3 is 2.56 bits per heavy atom. The second-order valence-electron chi connectivity index (χ2n) is 4.85. The summed E-state index contributed by atoms with van der Waals surface area (Å²) >= 11 is 0. The van der Waals surface area contributed by atoms with E-state index in [0.29, 0.717) is 25.6 Å². The van der Waals surface area contributed by atoms with Crippen LogP contribution in [0.3, 0.4) is 0 Å². The number of hydrogen-bond acceptors (Lipinski definition) is 3. The molecule has 0 amide bonds. The van der Waals surface area contributed by atoms with Gasteiger partial charge in [0.15, 0.2) is 0 Å². The highest BCUT2D eigenvalue weighted by molar-refractivity contribution is 7.87. The van der Waals surface area contributed by atoms with Gasteiger partial charge in [-0.1, -0.05) is 6.42 Å². The number of nitrogens with one attached hydrogen (secondary N) is 1. The molecule has 0 radical (unpaired) electrons. The summed E-state index contributed by atoms with van der Waals surface area (Å²) in [5.41, 5.74) is 5.61. The Balaban J connectivity index is 1.93. The molecule has 0 bridgehead atoms. The molecule has 0 aromatic rings. The second-order valence-corrected chi connectivity index (χ2v) is 6.55. The van der Waals surface area contributed by atoms with Crippen LogP contribution in [0.5, 0.6) is 0 Å². The highest BCUT2D eigenvalue weighted by Gasteiger charge is 2.31. The van der Waals surface area contributed by atoms with E-state index in [4.69, 9.17) is 5.73 Å². The molecule has 1 aliphatic carbocycles. The first-order valence-corrected chi connectivity index (χ1v) is 7.53. The lowest BCUT2D eigenvalue weighted by Gasteiger charge is -2.34.